The van der Waals surface area contributed by atoms with Gasteiger partial charge in [0.25, 0.3) is 0 Å². The fraction of sp³-hybridized carbons (Fsp3) is 0. The second-order valence-corrected chi connectivity index (χ2v) is 6.39. The van der Waals surface area contributed by atoms with E-state index >= 15 is 0 Å². The van der Waals surface area contributed by atoms with Crippen LogP contribution in [0.5, 0.6) is 0 Å². The average Bonchev–Trinajstić information content (AvgIpc) is 3.01. The number of thiophene rings is 1. The van der Waals surface area contributed by atoms with Crippen LogP contribution in [0.2, 0.25) is 5.02 Å². The number of halogens is 2. The minimum atomic E-state index is 0.326. The summed E-state index contributed by atoms with van der Waals surface area (Å²) in [5, 5.41) is 6.74. The zero-order chi connectivity index (χ0) is 13.4. The molecule has 19 heavy (non-hydrogen) atoms. The number of nitrogens with zero attached hydrogens (tertiary/aromatic N) is 1. The number of nitrogens with two attached hydrogens (primary N) is 1. The number of rotatable bonds is 2. The van der Waals surface area contributed by atoms with Crippen LogP contribution < -0.4 is 5.73 Å². The highest BCUT2D eigenvalue weighted by Crippen LogP contribution is 2.39. The molecule has 2 aromatic heterocycles. The van der Waals surface area contributed by atoms with Gasteiger partial charge in [0.2, 0.25) is 5.88 Å². The number of hydrogen-bond acceptors (Lipinski definition) is 4. The van der Waals surface area contributed by atoms with Crippen LogP contribution in [0.1, 0.15) is 0 Å². The van der Waals surface area contributed by atoms with Gasteiger partial charge in [0, 0.05) is 14.0 Å². The van der Waals surface area contributed by atoms with Crippen LogP contribution in [0, 0.1) is 3.57 Å². The minimum Gasteiger partial charge on any atom is -0.367 e. The molecular formula is C13H8ClIN2OS. The van der Waals surface area contributed by atoms with E-state index in [1.54, 1.807) is 11.3 Å². The molecule has 2 heterocycles. The number of nitrogen functional groups attached to an aromatic ring is 1. The molecule has 2 N–H and O–H groups in total. The summed E-state index contributed by atoms with van der Waals surface area (Å²) in [5.74, 6) is 0.326. The lowest BCUT2D eigenvalue weighted by Crippen LogP contribution is -1.86. The van der Waals surface area contributed by atoms with E-state index in [4.69, 9.17) is 21.9 Å². The summed E-state index contributed by atoms with van der Waals surface area (Å²) in [5.41, 5.74) is 8.33. The van der Waals surface area contributed by atoms with Gasteiger partial charge < -0.3 is 10.3 Å². The van der Waals surface area contributed by atoms with Crippen molar-refractivity contribution < 1.29 is 4.52 Å². The molecule has 0 aliphatic rings. The minimum absolute atomic E-state index is 0.326. The third-order valence-electron chi connectivity index (χ3n) is 2.68. The predicted octanol–water partition coefficient (Wildman–Crippen LogP) is 4.91. The zero-order valence-electron chi connectivity index (χ0n) is 9.56. The third kappa shape index (κ3) is 2.37. The van der Waals surface area contributed by atoms with Gasteiger partial charge >= 0.3 is 0 Å². The molecule has 3 aromatic rings. The largest absolute Gasteiger partial charge is 0.367 e. The van der Waals surface area contributed by atoms with Gasteiger partial charge in [-0.3, -0.25) is 0 Å². The Morgan fingerprint density at radius 2 is 2.16 bits per heavy atom. The lowest BCUT2D eigenvalue weighted by molar-refractivity contribution is 0.439. The molecule has 0 atom stereocenters. The molecule has 0 unspecified atom stereocenters. The Morgan fingerprint density at radius 3 is 2.84 bits per heavy atom. The molecule has 0 amide bonds. The van der Waals surface area contributed by atoms with E-state index in [1.165, 1.54) is 0 Å². The Kier molecular flexibility index (Phi) is 3.51. The Hall–Kier alpha value is -1.05. The Balaban J connectivity index is 2.18. The number of hydrogen-bond donors (Lipinski definition) is 1. The van der Waals surface area contributed by atoms with Gasteiger partial charge in [-0.1, -0.05) is 28.9 Å². The summed E-state index contributed by atoms with van der Waals surface area (Å²) in [6.07, 6.45) is 0. The average molecular weight is 403 g/mol. The van der Waals surface area contributed by atoms with Crippen LogP contribution >= 0.6 is 45.5 Å². The van der Waals surface area contributed by atoms with Crippen molar-refractivity contribution in [2.45, 2.75) is 0 Å². The fourth-order valence-corrected chi connectivity index (χ4v) is 3.09. The van der Waals surface area contributed by atoms with Crippen molar-refractivity contribution in [3.05, 3.63) is 44.3 Å². The van der Waals surface area contributed by atoms with Gasteiger partial charge in [-0.2, -0.15) is 0 Å². The summed E-state index contributed by atoms with van der Waals surface area (Å²) in [6.45, 7) is 0. The first kappa shape index (κ1) is 13.0. The van der Waals surface area contributed by atoms with Crippen LogP contribution in [0.4, 0.5) is 5.88 Å². The molecule has 6 heteroatoms. The summed E-state index contributed by atoms with van der Waals surface area (Å²) >= 11 is 9.94. The summed E-state index contributed by atoms with van der Waals surface area (Å²) in [7, 11) is 0. The molecular weight excluding hydrogens is 395 g/mol. The van der Waals surface area contributed by atoms with Gasteiger partial charge in [0.05, 0.1) is 10.6 Å². The van der Waals surface area contributed by atoms with Crippen LogP contribution in [-0.2, 0) is 0 Å². The summed E-state index contributed by atoms with van der Waals surface area (Å²) in [6, 6.07) is 9.74. The first-order chi connectivity index (χ1) is 9.16. The van der Waals surface area contributed by atoms with Crippen molar-refractivity contribution in [2.75, 3.05) is 5.73 Å². The maximum absolute atomic E-state index is 6.15. The second-order valence-electron chi connectivity index (χ2n) is 3.88. The smallest absolute Gasteiger partial charge is 0.231 e. The Labute approximate surface area is 132 Å². The first-order valence-electron chi connectivity index (χ1n) is 5.41. The van der Waals surface area contributed by atoms with E-state index in [1.807, 2.05) is 35.7 Å². The van der Waals surface area contributed by atoms with Crippen molar-refractivity contribution in [3.8, 4) is 21.7 Å². The maximum Gasteiger partial charge on any atom is 0.231 e. The molecule has 0 fully saturated rings. The Bertz CT molecular complexity index is 724. The van der Waals surface area contributed by atoms with Crippen LogP contribution in [0.3, 0.4) is 0 Å². The summed E-state index contributed by atoms with van der Waals surface area (Å²) in [4.78, 5) is 1.03. The lowest BCUT2D eigenvalue weighted by atomic mass is 10.1. The van der Waals surface area contributed by atoms with E-state index in [0.29, 0.717) is 10.9 Å². The number of aromatic nitrogens is 1. The van der Waals surface area contributed by atoms with Gasteiger partial charge in [-0.05, 0) is 46.2 Å². The number of benzene rings is 1. The van der Waals surface area contributed by atoms with Crippen molar-refractivity contribution in [1.29, 1.82) is 0 Å². The monoisotopic (exact) mass is 402 g/mol. The number of anilines is 1. The van der Waals surface area contributed by atoms with E-state index in [0.717, 1.165) is 25.3 Å². The quantitative estimate of drug-likeness (QED) is 0.620. The standard InChI is InChI=1S/C13H8ClIN2OS/c14-8-6-7(3-4-9(8)15)12-11(13(16)18-17-12)10-2-1-5-19-10/h1-6H,16H2. The molecule has 3 rings (SSSR count). The molecule has 0 aliphatic carbocycles. The molecule has 0 saturated carbocycles. The van der Waals surface area contributed by atoms with Crippen molar-refractivity contribution in [3.63, 3.8) is 0 Å². The Morgan fingerprint density at radius 1 is 1.32 bits per heavy atom. The van der Waals surface area contributed by atoms with E-state index < -0.39 is 0 Å². The third-order valence-corrected chi connectivity index (χ3v) is 5.14. The predicted molar refractivity (Wildman–Crippen MR) is 87.4 cm³/mol. The zero-order valence-corrected chi connectivity index (χ0v) is 13.3. The highest BCUT2D eigenvalue weighted by Gasteiger charge is 2.18. The van der Waals surface area contributed by atoms with Gasteiger partial charge in [-0.15, -0.1) is 11.3 Å². The van der Waals surface area contributed by atoms with Crippen molar-refractivity contribution in [2.24, 2.45) is 0 Å². The molecule has 0 radical (unpaired) electrons. The maximum atomic E-state index is 6.15. The summed E-state index contributed by atoms with van der Waals surface area (Å²) < 4.78 is 6.13. The second kappa shape index (κ2) is 5.15. The van der Waals surface area contributed by atoms with E-state index in [-0.39, 0.29) is 0 Å². The van der Waals surface area contributed by atoms with E-state index in [2.05, 4.69) is 27.7 Å². The van der Waals surface area contributed by atoms with Crippen LogP contribution in [-0.4, -0.2) is 5.16 Å². The topological polar surface area (TPSA) is 52.0 Å². The molecule has 0 aliphatic heterocycles. The van der Waals surface area contributed by atoms with Crippen LogP contribution in [0.25, 0.3) is 21.7 Å². The SMILES string of the molecule is Nc1onc(-c2ccc(I)c(Cl)c2)c1-c1cccs1. The lowest BCUT2D eigenvalue weighted by Gasteiger charge is -2.02. The van der Waals surface area contributed by atoms with Gasteiger partial charge in [0.15, 0.2) is 0 Å². The van der Waals surface area contributed by atoms with E-state index in [9.17, 15) is 0 Å². The molecule has 0 spiro atoms. The molecule has 96 valence electrons. The molecule has 0 bridgehead atoms. The van der Waals surface area contributed by atoms with Gasteiger partial charge in [-0.25, -0.2) is 0 Å². The molecule has 0 saturated heterocycles. The highest BCUT2D eigenvalue weighted by molar-refractivity contribution is 14.1. The van der Waals surface area contributed by atoms with Gasteiger partial charge in [0.1, 0.15) is 5.69 Å². The van der Waals surface area contributed by atoms with Crippen molar-refractivity contribution >= 4 is 51.4 Å². The highest BCUT2D eigenvalue weighted by atomic mass is 127. The fourth-order valence-electron chi connectivity index (χ4n) is 1.80. The van der Waals surface area contributed by atoms with Crippen LogP contribution in [0.15, 0.2) is 40.2 Å². The normalized spacial score (nSPS) is 10.8. The first-order valence-corrected chi connectivity index (χ1v) is 7.75. The van der Waals surface area contributed by atoms with Crippen molar-refractivity contribution in [1.82, 2.24) is 5.16 Å². The molecule has 1 aromatic carbocycles. The molecule has 3 nitrogen and oxygen atoms in total.